The minimum absolute atomic E-state index is 0.0285. The van der Waals surface area contributed by atoms with E-state index in [2.05, 4.69) is 0 Å². The standard InChI is InChI=1S/C31H40F4O4/c1-17-16-24(38-30(32,33)22(6)8-12-26(37)29-20(4)15-21(29)5)10-13-27(17)39-31(34,35)25(11-9-23(7)36)28-18(2)14-19(28)3/h8-13,16,18-21,28-29,36-37H,14-15H2,1-7H3/b22-8+,23-9+,25-11+,26-12+. The highest BCUT2D eigenvalue weighted by molar-refractivity contribution is 5.41. The number of rotatable bonds is 10. The maximum atomic E-state index is 15.4. The third-order valence-electron chi connectivity index (χ3n) is 8.07. The molecule has 3 rings (SSSR count). The zero-order valence-corrected chi connectivity index (χ0v) is 23.6. The molecule has 4 nitrogen and oxygen atoms in total. The van der Waals surface area contributed by atoms with Gasteiger partial charge in [0.1, 0.15) is 11.5 Å². The van der Waals surface area contributed by atoms with Crippen molar-refractivity contribution in [1.29, 1.82) is 0 Å². The fourth-order valence-electron chi connectivity index (χ4n) is 5.94. The normalized spacial score (nSPS) is 29.0. The topological polar surface area (TPSA) is 58.9 Å². The fourth-order valence-corrected chi connectivity index (χ4v) is 5.94. The van der Waals surface area contributed by atoms with Crippen LogP contribution in [0.4, 0.5) is 17.6 Å². The van der Waals surface area contributed by atoms with E-state index >= 15 is 8.78 Å². The molecule has 2 aliphatic carbocycles. The number of alkyl halides is 4. The first-order chi connectivity index (χ1) is 18.0. The molecule has 0 heterocycles. The highest BCUT2D eigenvalue weighted by Gasteiger charge is 2.49. The van der Waals surface area contributed by atoms with Crippen LogP contribution in [0.5, 0.6) is 11.5 Å². The van der Waals surface area contributed by atoms with Crippen LogP contribution in [0.2, 0.25) is 0 Å². The minimum atomic E-state index is -3.69. The molecule has 216 valence electrons. The van der Waals surface area contributed by atoms with E-state index in [1.807, 2.05) is 27.7 Å². The lowest BCUT2D eigenvalue weighted by Gasteiger charge is -2.44. The van der Waals surface area contributed by atoms with Gasteiger partial charge in [0.2, 0.25) is 0 Å². The zero-order valence-electron chi connectivity index (χ0n) is 23.6. The number of hydrogen-bond donors (Lipinski definition) is 2. The molecule has 2 aliphatic rings. The van der Waals surface area contributed by atoms with Crippen molar-refractivity contribution < 1.29 is 37.2 Å². The van der Waals surface area contributed by atoms with Crippen LogP contribution in [-0.2, 0) is 0 Å². The summed E-state index contributed by atoms with van der Waals surface area (Å²) in [7, 11) is 0. The van der Waals surface area contributed by atoms with Crippen LogP contribution in [0, 0.1) is 42.4 Å². The summed E-state index contributed by atoms with van der Waals surface area (Å²) in [5.41, 5.74) is -0.460. The average molecular weight is 553 g/mol. The summed E-state index contributed by atoms with van der Waals surface area (Å²) >= 11 is 0. The first-order valence-electron chi connectivity index (χ1n) is 13.4. The van der Waals surface area contributed by atoms with Crippen LogP contribution >= 0.6 is 0 Å². The fraction of sp³-hybridized carbons (Fsp3) is 0.548. The lowest BCUT2D eigenvalue weighted by molar-refractivity contribution is -0.157. The van der Waals surface area contributed by atoms with Crippen LogP contribution in [-0.4, -0.2) is 22.4 Å². The van der Waals surface area contributed by atoms with E-state index < -0.39 is 23.7 Å². The van der Waals surface area contributed by atoms with E-state index in [0.29, 0.717) is 11.8 Å². The molecule has 0 radical (unpaired) electrons. The van der Waals surface area contributed by atoms with Gasteiger partial charge in [-0.25, -0.2) is 0 Å². The summed E-state index contributed by atoms with van der Waals surface area (Å²) in [6, 6.07) is 3.55. The summed E-state index contributed by atoms with van der Waals surface area (Å²) in [6.45, 7) is 11.9. The van der Waals surface area contributed by atoms with E-state index in [4.69, 9.17) is 9.47 Å². The van der Waals surface area contributed by atoms with Crippen molar-refractivity contribution in [2.75, 3.05) is 0 Å². The van der Waals surface area contributed by atoms with Crippen LogP contribution in [0.15, 0.2) is 65.2 Å². The van der Waals surface area contributed by atoms with Crippen molar-refractivity contribution in [3.63, 3.8) is 0 Å². The Kier molecular flexibility index (Phi) is 9.18. The molecule has 39 heavy (non-hydrogen) atoms. The van der Waals surface area contributed by atoms with Gasteiger partial charge in [0, 0.05) is 17.1 Å². The summed E-state index contributed by atoms with van der Waals surface area (Å²) < 4.78 is 70.4. The molecule has 4 unspecified atom stereocenters. The number of hydrogen-bond acceptors (Lipinski definition) is 4. The van der Waals surface area contributed by atoms with Gasteiger partial charge in [0.25, 0.3) is 0 Å². The predicted molar refractivity (Wildman–Crippen MR) is 144 cm³/mol. The second kappa shape index (κ2) is 11.7. The second-order valence-electron chi connectivity index (χ2n) is 11.5. The molecule has 2 saturated carbocycles. The van der Waals surface area contributed by atoms with Gasteiger partial charge in [0.05, 0.1) is 11.5 Å². The zero-order chi connectivity index (χ0) is 29.3. The number of allylic oxidation sites excluding steroid dienone is 6. The largest absolute Gasteiger partial charge is 0.513 e. The van der Waals surface area contributed by atoms with Crippen LogP contribution in [0.3, 0.4) is 0 Å². The average Bonchev–Trinajstić information content (AvgIpc) is 2.81. The molecule has 1 aromatic rings. The van der Waals surface area contributed by atoms with Gasteiger partial charge in [-0.1, -0.05) is 33.8 Å². The monoisotopic (exact) mass is 552 g/mol. The van der Waals surface area contributed by atoms with Gasteiger partial charge >= 0.3 is 12.2 Å². The van der Waals surface area contributed by atoms with E-state index in [-0.39, 0.29) is 51.9 Å². The summed E-state index contributed by atoms with van der Waals surface area (Å²) in [5, 5.41) is 19.8. The summed E-state index contributed by atoms with van der Waals surface area (Å²) in [4.78, 5) is 0. The third kappa shape index (κ3) is 7.00. The number of halogens is 4. The van der Waals surface area contributed by atoms with Gasteiger partial charge in [0.15, 0.2) is 0 Å². The number of aliphatic hydroxyl groups is 2. The van der Waals surface area contributed by atoms with Crippen LogP contribution in [0.1, 0.15) is 59.9 Å². The molecule has 0 amide bonds. The summed E-state index contributed by atoms with van der Waals surface area (Å²) in [6.07, 6.45) is -0.742. The third-order valence-corrected chi connectivity index (χ3v) is 8.07. The predicted octanol–water partition coefficient (Wildman–Crippen LogP) is 9.30. The van der Waals surface area contributed by atoms with Crippen LogP contribution in [0.25, 0.3) is 0 Å². The van der Waals surface area contributed by atoms with Crippen molar-refractivity contribution in [3.8, 4) is 11.5 Å². The first-order valence-corrected chi connectivity index (χ1v) is 13.4. The first kappa shape index (κ1) is 30.6. The molecule has 0 aliphatic heterocycles. The lowest BCUT2D eigenvalue weighted by Crippen LogP contribution is -2.42. The number of ether oxygens (including phenoxy) is 2. The van der Waals surface area contributed by atoms with Gasteiger partial charge in [-0.3, -0.25) is 0 Å². The molecule has 2 fully saturated rings. The SMILES string of the molecule is C/C(O)=C\C=C(/C1C(C)CC1C)C(F)(F)Oc1ccc(OC(F)(F)/C(C)=C/C=C(/O)C2C(C)CC2C)cc1C. The highest BCUT2D eigenvalue weighted by Crippen LogP contribution is 2.50. The van der Waals surface area contributed by atoms with Crippen molar-refractivity contribution >= 4 is 0 Å². The molecule has 2 N–H and O–H groups in total. The van der Waals surface area contributed by atoms with Crippen LogP contribution < -0.4 is 9.47 Å². The molecule has 0 aromatic heterocycles. The number of aliphatic hydroxyl groups excluding tert-OH is 2. The molecule has 0 saturated heterocycles. The van der Waals surface area contributed by atoms with Gasteiger partial charge in [-0.2, -0.15) is 17.6 Å². The Morgan fingerprint density at radius 1 is 0.795 bits per heavy atom. The maximum Gasteiger partial charge on any atom is 0.423 e. The van der Waals surface area contributed by atoms with E-state index in [9.17, 15) is 19.0 Å². The number of aryl methyl sites for hydroxylation is 1. The smallest absolute Gasteiger partial charge is 0.423 e. The van der Waals surface area contributed by atoms with Crippen molar-refractivity contribution in [3.05, 3.63) is 70.7 Å². The Labute approximate surface area is 228 Å². The summed E-state index contributed by atoms with van der Waals surface area (Å²) in [5.74, 6) is -0.257. The van der Waals surface area contributed by atoms with Crippen molar-refractivity contribution in [1.82, 2.24) is 0 Å². The molecule has 1 aromatic carbocycles. The molecule has 0 bridgehead atoms. The Morgan fingerprint density at radius 3 is 1.85 bits per heavy atom. The quantitative estimate of drug-likeness (QED) is 0.173. The van der Waals surface area contributed by atoms with Gasteiger partial charge in [-0.15, -0.1) is 0 Å². The highest BCUT2D eigenvalue weighted by atomic mass is 19.3. The molecule has 0 spiro atoms. The van der Waals surface area contributed by atoms with Crippen molar-refractivity contribution in [2.24, 2.45) is 35.5 Å². The number of benzene rings is 1. The Hall–Kier alpha value is -2.90. The molecule has 8 heteroatoms. The Balaban J connectivity index is 1.76. The molecular formula is C31H40F4O4. The Morgan fingerprint density at radius 2 is 1.36 bits per heavy atom. The minimum Gasteiger partial charge on any atom is -0.513 e. The van der Waals surface area contributed by atoms with E-state index in [1.165, 1.54) is 51.1 Å². The van der Waals surface area contributed by atoms with Gasteiger partial charge in [-0.05, 0) is 105 Å². The van der Waals surface area contributed by atoms with Gasteiger partial charge < -0.3 is 19.7 Å². The van der Waals surface area contributed by atoms with Crippen molar-refractivity contribution in [2.45, 2.75) is 73.5 Å². The van der Waals surface area contributed by atoms with E-state index in [0.717, 1.165) is 25.0 Å². The maximum absolute atomic E-state index is 15.4. The lowest BCUT2D eigenvalue weighted by atomic mass is 9.63. The Bertz CT molecular complexity index is 1150. The second-order valence-corrected chi connectivity index (χ2v) is 11.5. The molecular weight excluding hydrogens is 512 g/mol. The van der Waals surface area contributed by atoms with E-state index in [1.54, 1.807) is 0 Å². The molecule has 4 atom stereocenters.